The Hall–Kier alpha value is -2.39. The molecule has 0 bridgehead atoms. The molecule has 1 aliphatic heterocycles. The summed E-state index contributed by atoms with van der Waals surface area (Å²) < 4.78 is 25.7. The van der Waals surface area contributed by atoms with Crippen LogP contribution in [-0.2, 0) is 17.0 Å². The summed E-state index contributed by atoms with van der Waals surface area (Å²) in [6.07, 6.45) is 3.58. The molecule has 0 spiro atoms. The number of H-pyrrole nitrogens is 1. The molecule has 3 aromatic rings. The van der Waals surface area contributed by atoms with Crippen molar-refractivity contribution < 1.29 is 13.5 Å². The van der Waals surface area contributed by atoms with Gasteiger partial charge in [0.25, 0.3) is 0 Å². The van der Waals surface area contributed by atoms with E-state index in [9.17, 15) is 9.18 Å². The fourth-order valence-electron chi connectivity index (χ4n) is 2.80. The number of benzene rings is 1. The van der Waals surface area contributed by atoms with Gasteiger partial charge in [-0.2, -0.15) is 0 Å². The summed E-state index contributed by atoms with van der Waals surface area (Å²) >= 11 is 1.40. The lowest BCUT2D eigenvalue weighted by atomic mass is 10.2. The first-order valence-corrected chi connectivity index (χ1v) is 9.27. The van der Waals surface area contributed by atoms with Gasteiger partial charge in [0.1, 0.15) is 12.1 Å². The summed E-state index contributed by atoms with van der Waals surface area (Å²) in [4.78, 5) is 16.4. The van der Waals surface area contributed by atoms with E-state index in [1.54, 1.807) is 23.0 Å². The van der Waals surface area contributed by atoms with Crippen molar-refractivity contribution >= 4 is 11.8 Å². The standard InChI is InChI=1S/C17H17FN4O3S/c18-12-5-3-11(4-6-12)15-19-13(9-25-15)10-26-17-21-20-16(23)22(17)8-14-2-1-7-24-14/h3-6,9,14H,1-2,7-8,10H2,(H,20,23). The topological polar surface area (TPSA) is 85.9 Å². The fourth-order valence-corrected chi connectivity index (χ4v) is 3.64. The van der Waals surface area contributed by atoms with Gasteiger partial charge < -0.3 is 9.15 Å². The zero-order valence-corrected chi connectivity index (χ0v) is 14.7. The lowest BCUT2D eigenvalue weighted by Crippen LogP contribution is -2.24. The van der Waals surface area contributed by atoms with Gasteiger partial charge in [-0.1, -0.05) is 11.8 Å². The minimum atomic E-state index is -0.307. The first kappa shape index (κ1) is 17.0. The van der Waals surface area contributed by atoms with Crippen molar-refractivity contribution in [3.63, 3.8) is 0 Å². The number of aromatic nitrogens is 4. The molecular weight excluding hydrogens is 359 g/mol. The van der Waals surface area contributed by atoms with Gasteiger partial charge in [-0.15, -0.1) is 5.10 Å². The number of aromatic amines is 1. The van der Waals surface area contributed by atoms with Crippen LogP contribution in [-0.4, -0.2) is 32.5 Å². The molecule has 1 N–H and O–H groups in total. The molecule has 1 aliphatic rings. The molecule has 3 heterocycles. The number of halogens is 1. The highest BCUT2D eigenvalue weighted by Gasteiger charge is 2.20. The third-order valence-corrected chi connectivity index (χ3v) is 5.14. The first-order chi connectivity index (χ1) is 12.7. The number of hydrogen-bond donors (Lipinski definition) is 1. The van der Waals surface area contributed by atoms with Crippen LogP contribution in [0.5, 0.6) is 0 Å². The van der Waals surface area contributed by atoms with Crippen molar-refractivity contribution in [2.24, 2.45) is 0 Å². The minimum Gasteiger partial charge on any atom is -0.444 e. The Morgan fingerprint density at radius 1 is 1.35 bits per heavy atom. The molecule has 7 nitrogen and oxygen atoms in total. The maximum absolute atomic E-state index is 13.0. The van der Waals surface area contributed by atoms with Crippen molar-refractivity contribution in [3.8, 4) is 11.5 Å². The van der Waals surface area contributed by atoms with E-state index in [-0.39, 0.29) is 17.6 Å². The van der Waals surface area contributed by atoms with Crippen LogP contribution in [0.2, 0.25) is 0 Å². The van der Waals surface area contributed by atoms with Gasteiger partial charge in [-0.3, -0.25) is 4.57 Å². The van der Waals surface area contributed by atoms with Crippen LogP contribution in [0.3, 0.4) is 0 Å². The Labute approximate surface area is 152 Å². The lowest BCUT2D eigenvalue weighted by molar-refractivity contribution is 0.0941. The van der Waals surface area contributed by atoms with Crippen molar-refractivity contribution in [1.29, 1.82) is 0 Å². The van der Waals surface area contributed by atoms with Gasteiger partial charge in [-0.05, 0) is 37.1 Å². The van der Waals surface area contributed by atoms with Crippen LogP contribution >= 0.6 is 11.8 Å². The van der Waals surface area contributed by atoms with Crippen molar-refractivity contribution in [2.75, 3.05) is 6.61 Å². The van der Waals surface area contributed by atoms with Crippen LogP contribution in [0.1, 0.15) is 18.5 Å². The number of nitrogens with one attached hydrogen (secondary N) is 1. The average molecular weight is 376 g/mol. The molecule has 0 radical (unpaired) electrons. The third kappa shape index (κ3) is 3.73. The Kier molecular flexibility index (Phi) is 4.89. The second kappa shape index (κ2) is 7.46. The van der Waals surface area contributed by atoms with Crippen LogP contribution in [0.15, 0.2) is 44.9 Å². The predicted molar refractivity (Wildman–Crippen MR) is 93.3 cm³/mol. The molecule has 0 aliphatic carbocycles. The quantitative estimate of drug-likeness (QED) is 0.666. The second-order valence-corrected chi connectivity index (χ2v) is 6.94. The van der Waals surface area contributed by atoms with Gasteiger partial charge in [0, 0.05) is 17.9 Å². The highest BCUT2D eigenvalue weighted by atomic mass is 32.2. The van der Waals surface area contributed by atoms with Crippen molar-refractivity contribution in [3.05, 3.63) is 52.5 Å². The number of nitrogens with zero attached hydrogens (tertiary/aromatic N) is 3. The zero-order chi connectivity index (χ0) is 17.9. The van der Waals surface area contributed by atoms with Gasteiger partial charge >= 0.3 is 5.69 Å². The molecular formula is C17H17FN4O3S. The van der Waals surface area contributed by atoms with E-state index < -0.39 is 0 Å². The predicted octanol–water partition coefficient (Wildman–Crippen LogP) is 2.84. The summed E-state index contributed by atoms with van der Waals surface area (Å²) in [5.41, 5.74) is 1.18. The van der Waals surface area contributed by atoms with Crippen LogP contribution < -0.4 is 5.69 Å². The van der Waals surface area contributed by atoms with E-state index in [2.05, 4.69) is 15.2 Å². The first-order valence-electron chi connectivity index (χ1n) is 8.29. The highest BCUT2D eigenvalue weighted by molar-refractivity contribution is 7.98. The molecule has 4 rings (SSSR count). The van der Waals surface area contributed by atoms with E-state index in [1.165, 1.54) is 23.9 Å². The van der Waals surface area contributed by atoms with Crippen molar-refractivity contribution in [2.45, 2.75) is 36.4 Å². The van der Waals surface area contributed by atoms with Crippen LogP contribution in [0.4, 0.5) is 4.39 Å². The minimum absolute atomic E-state index is 0.0572. The molecule has 1 unspecified atom stereocenters. The van der Waals surface area contributed by atoms with E-state index in [1.807, 2.05) is 0 Å². The second-order valence-electron chi connectivity index (χ2n) is 6.00. The smallest absolute Gasteiger partial charge is 0.344 e. The van der Waals surface area contributed by atoms with E-state index in [0.29, 0.717) is 34.6 Å². The van der Waals surface area contributed by atoms with Crippen LogP contribution in [0.25, 0.3) is 11.5 Å². The Bertz CT molecular complexity index is 928. The van der Waals surface area contributed by atoms with E-state index in [4.69, 9.17) is 9.15 Å². The number of thioether (sulfide) groups is 1. The number of ether oxygens (including phenoxy) is 1. The average Bonchev–Trinajstić information content (AvgIpc) is 3.38. The largest absolute Gasteiger partial charge is 0.444 e. The fraction of sp³-hybridized carbons (Fsp3) is 0.353. The van der Waals surface area contributed by atoms with Gasteiger partial charge in [-0.25, -0.2) is 19.3 Å². The van der Waals surface area contributed by atoms with Gasteiger partial charge in [0.15, 0.2) is 5.16 Å². The SMILES string of the molecule is O=c1[nH]nc(SCc2coc(-c3ccc(F)cc3)n2)n1CC1CCCO1. The molecule has 136 valence electrons. The molecule has 0 saturated carbocycles. The number of rotatable bonds is 6. The normalized spacial score (nSPS) is 17.0. The van der Waals surface area contributed by atoms with Crippen molar-refractivity contribution in [1.82, 2.24) is 19.7 Å². The summed E-state index contributed by atoms with van der Waals surface area (Å²) in [5, 5.41) is 7.16. The summed E-state index contributed by atoms with van der Waals surface area (Å²) in [6, 6.07) is 5.96. The molecule has 26 heavy (non-hydrogen) atoms. The molecule has 9 heteroatoms. The van der Waals surface area contributed by atoms with E-state index in [0.717, 1.165) is 19.4 Å². The summed E-state index contributed by atoms with van der Waals surface area (Å²) in [7, 11) is 0. The summed E-state index contributed by atoms with van der Waals surface area (Å²) in [5.74, 6) is 0.624. The maximum atomic E-state index is 13.0. The lowest BCUT2D eigenvalue weighted by Gasteiger charge is -2.10. The Balaban J connectivity index is 1.43. The monoisotopic (exact) mass is 376 g/mol. The highest BCUT2D eigenvalue weighted by Crippen LogP contribution is 2.24. The molecule has 0 amide bonds. The molecule has 2 aromatic heterocycles. The molecule has 1 saturated heterocycles. The Morgan fingerprint density at radius 2 is 2.19 bits per heavy atom. The molecule has 1 aromatic carbocycles. The molecule has 1 fully saturated rings. The number of hydrogen-bond acceptors (Lipinski definition) is 6. The Morgan fingerprint density at radius 3 is 2.96 bits per heavy atom. The number of oxazole rings is 1. The third-order valence-electron chi connectivity index (χ3n) is 4.13. The van der Waals surface area contributed by atoms with Gasteiger partial charge in [0.2, 0.25) is 5.89 Å². The van der Waals surface area contributed by atoms with Gasteiger partial charge in [0.05, 0.1) is 18.3 Å². The maximum Gasteiger partial charge on any atom is 0.344 e. The van der Waals surface area contributed by atoms with E-state index >= 15 is 0 Å². The molecule has 1 atom stereocenters. The van der Waals surface area contributed by atoms with Crippen LogP contribution in [0, 0.1) is 5.82 Å². The summed E-state index contributed by atoms with van der Waals surface area (Å²) in [6.45, 7) is 1.24. The zero-order valence-electron chi connectivity index (χ0n) is 13.9.